The van der Waals surface area contributed by atoms with Gasteiger partial charge in [0.25, 0.3) is 0 Å². The van der Waals surface area contributed by atoms with Crippen molar-refractivity contribution in [1.29, 1.82) is 0 Å². The van der Waals surface area contributed by atoms with Crippen molar-refractivity contribution in [1.82, 2.24) is 19.6 Å². The lowest BCUT2D eigenvalue weighted by Crippen LogP contribution is -2.31. The summed E-state index contributed by atoms with van der Waals surface area (Å²) < 4.78 is 2.05. The van der Waals surface area contributed by atoms with E-state index in [9.17, 15) is 0 Å². The van der Waals surface area contributed by atoms with Crippen LogP contribution < -0.4 is 5.32 Å². The van der Waals surface area contributed by atoms with Crippen molar-refractivity contribution in [2.45, 2.75) is 52.7 Å². The van der Waals surface area contributed by atoms with Crippen LogP contribution in [0.2, 0.25) is 0 Å². The molecule has 21 heavy (non-hydrogen) atoms. The molecule has 1 N–H and O–H groups in total. The zero-order valence-corrected chi connectivity index (χ0v) is 14.0. The Morgan fingerprint density at radius 3 is 2.76 bits per heavy atom. The number of rotatable bonds is 8. The monoisotopic (exact) mass is 293 g/mol. The van der Waals surface area contributed by atoms with Crippen LogP contribution in [0.1, 0.15) is 34.1 Å². The van der Waals surface area contributed by atoms with Crippen LogP contribution in [-0.4, -0.2) is 64.4 Å². The predicted octanol–water partition coefficient (Wildman–Crippen LogP) is 2.12. The fraction of sp³-hybridized carbons (Fsp3) is 0.812. The van der Waals surface area contributed by atoms with E-state index in [0.29, 0.717) is 12.1 Å². The lowest BCUT2D eigenvalue weighted by Gasteiger charge is -2.20. The first kappa shape index (κ1) is 16.3. The topological polar surface area (TPSA) is 36.3 Å². The molecule has 5 heteroatoms. The minimum Gasteiger partial charge on any atom is -0.378 e. The molecule has 0 radical (unpaired) electrons. The first-order chi connectivity index (χ1) is 10.1. The third-order valence-corrected chi connectivity index (χ3v) is 4.49. The van der Waals surface area contributed by atoms with Crippen molar-refractivity contribution < 1.29 is 0 Å². The van der Waals surface area contributed by atoms with E-state index in [1.165, 1.54) is 13.0 Å². The number of likely N-dealkylation sites (tertiary alicyclic amines) is 1. The van der Waals surface area contributed by atoms with Gasteiger partial charge in [-0.1, -0.05) is 13.8 Å². The summed E-state index contributed by atoms with van der Waals surface area (Å²) in [4.78, 5) is 4.95. The lowest BCUT2D eigenvalue weighted by molar-refractivity contribution is 0.274. The number of nitrogens with one attached hydrogen (secondary N) is 1. The molecule has 1 saturated heterocycles. The van der Waals surface area contributed by atoms with Gasteiger partial charge in [0.2, 0.25) is 0 Å². The lowest BCUT2D eigenvalue weighted by atomic mass is 10.2. The molecular formula is C16H31N5. The van der Waals surface area contributed by atoms with Crippen molar-refractivity contribution in [3.63, 3.8) is 0 Å². The molecule has 1 aliphatic rings. The molecule has 0 saturated carbocycles. The third kappa shape index (κ3) is 4.71. The Hall–Kier alpha value is -1.07. The first-order valence-corrected chi connectivity index (χ1v) is 8.37. The van der Waals surface area contributed by atoms with Gasteiger partial charge in [0, 0.05) is 37.9 Å². The molecule has 0 aliphatic carbocycles. The minimum atomic E-state index is 0.563. The summed E-state index contributed by atoms with van der Waals surface area (Å²) in [6.45, 7) is 15.5. The number of hydrogen-bond acceptors (Lipinski definition) is 4. The summed E-state index contributed by atoms with van der Waals surface area (Å²) in [6.07, 6.45) is 5.32. The summed E-state index contributed by atoms with van der Waals surface area (Å²) >= 11 is 0. The van der Waals surface area contributed by atoms with E-state index in [-0.39, 0.29) is 0 Å². The van der Waals surface area contributed by atoms with Gasteiger partial charge in [-0.25, -0.2) is 0 Å². The highest BCUT2D eigenvalue weighted by Crippen LogP contribution is 2.17. The fourth-order valence-corrected chi connectivity index (χ4v) is 2.95. The van der Waals surface area contributed by atoms with Crippen LogP contribution in [0, 0.1) is 0 Å². The highest BCUT2D eigenvalue weighted by Gasteiger charge is 2.24. The van der Waals surface area contributed by atoms with Crippen LogP contribution in [-0.2, 0) is 6.54 Å². The van der Waals surface area contributed by atoms with E-state index in [1.54, 1.807) is 0 Å². The molecule has 5 nitrogen and oxygen atoms in total. The second-order valence-corrected chi connectivity index (χ2v) is 6.24. The molecular weight excluding hydrogens is 262 g/mol. The van der Waals surface area contributed by atoms with Crippen LogP contribution >= 0.6 is 0 Å². The van der Waals surface area contributed by atoms with Crippen LogP contribution in [0.3, 0.4) is 0 Å². The van der Waals surface area contributed by atoms with E-state index in [2.05, 4.69) is 58.8 Å². The molecule has 0 bridgehead atoms. The van der Waals surface area contributed by atoms with Gasteiger partial charge in [-0.3, -0.25) is 9.58 Å². The maximum atomic E-state index is 4.47. The normalized spacial score (nSPS) is 19.8. The van der Waals surface area contributed by atoms with Gasteiger partial charge in [0.15, 0.2) is 0 Å². The maximum absolute atomic E-state index is 4.47. The van der Waals surface area contributed by atoms with Crippen molar-refractivity contribution in [3.8, 4) is 0 Å². The SMILES string of the molecule is CCN(CC)CCn1cc(NC2CCN(C(C)C)C2)cn1. The number of likely N-dealkylation sites (N-methyl/N-ethyl adjacent to an activating group) is 1. The Labute approximate surface area is 129 Å². The highest BCUT2D eigenvalue weighted by atomic mass is 15.3. The van der Waals surface area contributed by atoms with E-state index in [1.807, 2.05) is 6.20 Å². The Kier molecular flexibility index (Phi) is 6.06. The average Bonchev–Trinajstić information content (AvgIpc) is 3.10. The number of hydrogen-bond donors (Lipinski definition) is 1. The second-order valence-electron chi connectivity index (χ2n) is 6.24. The zero-order valence-electron chi connectivity index (χ0n) is 14.0. The average molecular weight is 293 g/mol. The Balaban J connectivity index is 1.78. The summed E-state index contributed by atoms with van der Waals surface area (Å²) in [5.74, 6) is 0. The fourth-order valence-electron chi connectivity index (χ4n) is 2.95. The van der Waals surface area contributed by atoms with Crippen LogP contribution in [0.5, 0.6) is 0 Å². The van der Waals surface area contributed by atoms with Crippen LogP contribution in [0.15, 0.2) is 12.4 Å². The van der Waals surface area contributed by atoms with Gasteiger partial charge >= 0.3 is 0 Å². The maximum Gasteiger partial charge on any atom is 0.0729 e. The highest BCUT2D eigenvalue weighted by molar-refractivity contribution is 5.39. The smallest absolute Gasteiger partial charge is 0.0729 e. The molecule has 0 spiro atoms. The summed E-state index contributed by atoms with van der Waals surface area (Å²) in [5, 5.41) is 8.09. The molecule has 1 fully saturated rings. The molecule has 1 aromatic rings. The largest absolute Gasteiger partial charge is 0.378 e. The molecule has 1 aliphatic heterocycles. The number of aromatic nitrogens is 2. The molecule has 1 unspecified atom stereocenters. The van der Waals surface area contributed by atoms with Crippen LogP contribution in [0.4, 0.5) is 5.69 Å². The van der Waals surface area contributed by atoms with Gasteiger partial charge in [0.05, 0.1) is 18.4 Å². The second kappa shape index (κ2) is 7.80. The van der Waals surface area contributed by atoms with Crippen molar-refractivity contribution >= 4 is 5.69 Å². The summed E-state index contributed by atoms with van der Waals surface area (Å²) in [5.41, 5.74) is 1.16. The quantitative estimate of drug-likeness (QED) is 0.796. The van der Waals surface area contributed by atoms with Crippen molar-refractivity contribution in [2.75, 3.05) is 38.0 Å². The standard InChI is InChI=1S/C16H31N5/c1-5-19(6-2)9-10-21-13-16(11-17-21)18-15-7-8-20(12-15)14(3)4/h11,13-15,18H,5-10,12H2,1-4H3. The van der Waals surface area contributed by atoms with E-state index < -0.39 is 0 Å². The predicted molar refractivity (Wildman–Crippen MR) is 88.8 cm³/mol. The van der Waals surface area contributed by atoms with Gasteiger partial charge in [0.1, 0.15) is 0 Å². The molecule has 2 rings (SSSR count). The number of anilines is 1. The first-order valence-electron chi connectivity index (χ1n) is 8.37. The Morgan fingerprint density at radius 2 is 2.14 bits per heavy atom. The van der Waals surface area contributed by atoms with Gasteiger partial charge in [-0.15, -0.1) is 0 Å². The van der Waals surface area contributed by atoms with E-state index >= 15 is 0 Å². The summed E-state index contributed by atoms with van der Waals surface area (Å²) in [7, 11) is 0. The van der Waals surface area contributed by atoms with Crippen LogP contribution in [0.25, 0.3) is 0 Å². The van der Waals surface area contributed by atoms with E-state index in [0.717, 1.165) is 38.4 Å². The van der Waals surface area contributed by atoms with Gasteiger partial charge in [-0.05, 0) is 33.4 Å². The number of nitrogens with zero attached hydrogens (tertiary/aromatic N) is 4. The molecule has 0 aromatic carbocycles. The molecule has 2 heterocycles. The Bertz CT molecular complexity index is 411. The van der Waals surface area contributed by atoms with Crippen molar-refractivity contribution in [3.05, 3.63) is 12.4 Å². The van der Waals surface area contributed by atoms with E-state index in [4.69, 9.17) is 0 Å². The summed E-state index contributed by atoms with van der Waals surface area (Å²) in [6, 6.07) is 1.21. The van der Waals surface area contributed by atoms with Gasteiger partial charge in [-0.2, -0.15) is 5.10 Å². The van der Waals surface area contributed by atoms with Gasteiger partial charge < -0.3 is 10.2 Å². The molecule has 120 valence electrons. The third-order valence-electron chi connectivity index (χ3n) is 4.49. The molecule has 1 atom stereocenters. The van der Waals surface area contributed by atoms with Crippen molar-refractivity contribution in [2.24, 2.45) is 0 Å². The zero-order chi connectivity index (χ0) is 15.2. The minimum absolute atomic E-state index is 0.563. The Morgan fingerprint density at radius 1 is 1.38 bits per heavy atom. The molecule has 1 aromatic heterocycles. The molecule has 0 amide bonds.